The second-order valence-electron chi connectivity index (χ2n) is 6.92. The molecule has 0 spiro atoms. The number of rotatable bonds is 5. The summed E-state index contributed by atoms with van der Waals surface area (Å²) in [6, 6.07) is 9.82. The highest BCUT2D eigenvalue weighted by atomic mass is 16.5. The van der Waals surface area contributed by atoms with Crippen LogP contribution in [-0.2, 0) is 14.3 Å². The number of ketones is 1. The maximum absolute atomic E-state index is 12.5. The molecule has 0 aromatic heterocycles. The summed E-state index contributed by atoms with van der Waals surface area (Å²) in [4.78, 5) is 49.6. The number of hydrogen-bond acceptors (Lipinski definition) is 5. The van der Waals surface area contributed by atoms with Gasteiger partial charge in [0.05, 0.1) is 11.3 Å². The second-order valence-corrected chi connectivity index (χ2v) is 6.92. The number of esters is 1. The number of aryl methyl sites for hydroxylation is 3. The Morgan fingerprint density at radius 3 is 2.25 bits per heavy atom. The van der Waals surface area contributed by atoms with Crippen molar-refractivity contribution in [2.75, 3.05) is 11.5 Å². The van der Waals surface area contributed by atoms with Crippen LogP contribution < -0.4 is 4.90 Å². The molecule has 0 aliphatic carbocycles. The van der Waals surface area contributed by atoms with E-state index in [9.17, 15) is 19.2 Å². The van der Waals surface area contributed by atoms with Gasteiger partial charge in [-0.1, -0.05) is 12.1 Å². The Hall–Kier alpha value is -3.28. The monoisotopic (exact) mass is 379 g/mol. The molecule has 1 fully saturated rings. The molecule has 1 aliphatic rings. The minimum atomic E-state index is -0.684. The number of ether oxygens (including phenoxy) is 1. The molecule has 6 heteroatoms. The predicted molar refractivity (Wildman–Crippen MR) is 103 cm³/mol. The summed E-state index contributed by atoms with van der Waals surface area (Å²) >= 11 is 0. The molecule has 2 aromatic carbocycles. The van der Waals surface area contributed by atoms with Gasteiger partial charge in [-0.25, -0.2) is 4.79 Å². The Morgan fingerprint density at radius 2 is 1.57 bits per heavy atom. The van der Waals surface area contributed by atoms with Gasteiger partial charge in [0.25, 0.3) is 0 Å². The molecule has 6 nitrogen and oxygen atoms in total. The summed E-state index contributed by atoms with van der Waals surface area (Å²) < 4.78 is 5.16. The standard InChI is InChI=1S/C22H21NO5/c1-13-9-15(3)18(10-14(13)2)19(24)12-28-22(27)16-5-4-6-17(11-16)23-20(25)7-8-21(23)26/h4-6,9-11H,7-8,12H2,1-3H3. The highest BCUT2D eigenvalue weighted by Gasteiger charge is 2.30. The van der Waals surface area contributed by atoms with Gasteiger partial charge in [-0.3, -0.25) is 19.3 Å². The number of carbonyl (C=O) groups excluding carboxylic acids is 4. The summed E-state index contributed by atoms with van der Waals surface area (Å²) in [5.74, 6) is -1.56. The molecular weight excluding hydrogens is 358 g/mol. The van der Waals surface area contributed by atoms with Crippen molar-refractivity contribution in [2.24, 2.45) is 0 Å². The third kappa shape index (κ3) is 3.86. The van der Waals surface area contributed by atoms with E-state index >= 15 is 0 Å². The summed E-state index contributed by atoms with van der Waals surface area (Å²) in [6.45, 7) is 5.35. The third-order valence-electron chi connectivity index (χ3n) is 4.87. The van der Waals surface area contributed by atoms with Crippen molar-refractivity contribution >= 4 is 29.3 Å². The Labute approximate surface area is 163 Å². The minimum absolute atomic E-state index is 0.164. The fourth-order valence-corrected chi connectivity index (χ4v) is 3.19. The summed E-state index contributed by atoms with van der Waals surface area (Å²) in [5, 5.41) is 0. The number of nitrogens with zero attached hydrogens (tertiary/aromatic N) is 1. The van der Waals surface area contributed by atoms with Gasteiger partial charge in [-0.05, 0) is 61.7 Å². The molecule has 0 bridgehead atoms. The zero-order valence-electron chi connectivity index (χ0n) is 16.1. The van der Waals surface area contributed by atoms with Crippen molar-refractivity contribution < 1.29 is 23.9 Å². The van der Waals surface area contributed by atoms with Gasteiger partial charge in [0.2, 0.25) is 17.6 Å². The lowest BCUT2D eigenvalue weighted by atomic mass is 9.98. The van der Waals surface area contributed by atoms with E-state index in [1.54, 1.807) is 18.2 Å². The maximum atomic E-state index is 12.5. The minimum Gasteiger partial charge on any atom is -0.454 e. The van der Waals surface area contributed by atoms with Gasteiger partial charge in [0.15, 0.2) is 6.61 Å². The number of carbonyl (C=O) groups is 4. The molecule has 1 aliphatic heterocycles. The van der Waals surface area contributed by atoms with Gasteiger partial charge in [-0.15, -0.1) is 0 Å². The fourth-order valence-electron chi connectivity index (χ4n) is 3.19. The molecule has 1 heterocycles. The highest BCUT2D eigenvalue weighted by Crippen LogP contribution is 2.24. The van der Waals surface area contributed by atoms with E-state index in [0.717, 1.165) is 21.6 Å². The molecule has 2 amide bonds. The topological polar surface area (TPSA) is 80.8 Å². The van der Waals surface area contributed by atoms with Crippen LogP contribution in [0.5, 0.6) is 0 Å². The highest BCUT2D eigenvalue weighted by molar-refractivity contribution is 6.20. The van der Waals surface area contributed by atoms with Gasteiger partial charge < -0.3 is 4.74 Å². The Balaban J connectivity index is 1.71. The number of Topliss-reactive ketones (excluding diaryl/α,β-unsaturated/α-hetero) is 1. The lowest BCUT2D eigenvalue weighted by molar-refractivity contribution is -0.121. The van der Waals surface area contributed by atoms with Crippen LogP contribution in [0.25, 0.3) is 0 Å². The quantitative estimate of drug-likeness (QED) is 0.452. The molecule has 0 atom stereocenters. The van der Waals surface area contributed by atoms with Crippen molar-refractivity contribution in [3.05, 3.63) is 64.2 Å². The zero-order valence-corrected chi connectivity index (χ0v) is 16.1. The lowest BCUT2D eigenvalue weighted by Gasteiger charge is -2.14. The number of benzene rings is 2. The van der Waals surface area contributed by atoms with Crippen molar-refractivity contribution in [3.8, 4) is 0 Å². The molecule has 0 N–H and O–H groups in total. The van der Waals surface area contributed by atoms with Gasteiger partial charge in [0.1, 0.15) is 0 Å². The van der Waals surface area contributed by atoms with Gasteiger partial charge in [0, 0.05) is 18.4 Å². The van der Waals surface area contributed by atoms with Crippen LogP contribution in [-0.4, -0.2) is 30.2 Å². The zero-order chi connectivity index (χ0) is 20.4. The first kappa shape index (κ1) is 19.5. The fraction of sp³-hybridized carbons (Fsp3) is 0.273. The number of anilines is 1. The number of amides is 2. The second kappa shape index (κ2) is 7.76. The molecule has 3 rings (SSSR count). The molecular formula is C22H21NO5. The van der Waals surface area contributed by atoms with Crippen LogP contribution in [0.3, 0.4) is 0 Å². The average molecular weight is 379 g/mol. The summed E-state index contributed by atoms with van der Waals surface area (Å²) in [7, 11) is 0. The molecule has 0 unspecified atom stereocenters. The van der Waals surface area contributed by atoms with Crippen molar-refractivity contribution in [2.45, 2.75) is 33.6 Å². The van der Waals surface area contributed by atoms with Crippen LogP contribution >= 0.6 is 0 Å². The first-order chi connectivity index (χ1) is 13.3. The van der Waals surface area contributed by atoms with E-state index in [2.05, 4.69) is 0 Å². The van der Waals surface area contributed by atoms with Crippen LogP contribution in [0, 0.1) is 20.8 Å². The lowest BCUT2D eigenvalue weighted by Crippen LogP contribution is -2.28. The molecule has 0 radical (unpaired) electrons. The third-order valence-corrected chi connectivity index (χ3v) is 4.87. The Bertz CT molecular complexity index is 976. The largest absolute Gasteiger partial charge is 0.454 e. The first-order valence-corrected chi connectivity index (χ1v) is 9.02. The van der Waals surface area contributed by atoms with Gasteiger partial charge in [-0.2, -0.15) is 0 Å². The SMILES string of the molecule is Cc1cc(C)c(C(=O)COC(=O)c2cccc(N3C(=O)CCC3=O)c2)cc1C. The van der Waals surface area contributed by atoms with Crippen LogP contribution in [0.4, 0.5) is 5.69 Å². The number of hydrogen-bond donors (Lipinski definition) is 0. The van der Waals surface area contributed by atoms with Crippen molar-refractivity contribution in [3.63, 3.8) is 0 Å². The molecule has 28 heavy (non-hydrogen) atoms. The summed E-state index contributed by atoms with van der Waals surface area (Å²) in [6.07, 6.45) is 0.328. The molecule has 0 saturated carbocycles. The van der Waals surface area contributed by atoms with E-state index in [4.69, 9.17) is 4.74 Å². The smallest absolute Gasteiger partial charge is 0.338 e. The molecule has 144 valence electrons. The Morgan fingerprint density at radius 1 is 0.929 bits per heavy atom. The van der Waals surface area contributed by atoms with Crippen molar-refractivity contribution in [1.82, 2.24) is 0 Å². The van der Waals surface area contributed by atoms with E-state index in [1.165, 1.54) is 12.1 Å². The number of imide groups is 1. The average Bonchev–Trinajstić information content (AvgIpc) is 3.00. The van der Waals surface area contributed by atoms with Gasteiger partial charge >= 0.3 is 5.97 Å². The first-order valence-electron chi connectivity index (χ1n) is 9.02. The van der Waals surface area contributed by atoms with E-state index in [0.29, 0.717) is 11.3 Å². The maximum Gasteiger partial charge on any atom is 0.338 e. The van der Waals surface area contributed by atoms with Crippen LogP contribution in [0.2, 0.25) is 0 Å². The summed E-state index contributed by atoms with van der Waals surface area (Å²) in [5.41, 5.74) is 3.95. The van der Waals surface area contributed by atoms with E-state index in [-0.39, 0.29) is 42.6 Å². The normalized spacial score (nSPS) is 13.8. The molecule has 2 aromatic rings. The van der Waals surface area contributed by atoms with Crippen molar-refractivity contribution in [1.29, 1.82) is 0 Å². The van der Waals surface area contributed by atoms with Crippen LogP contribution in [0.15, 0.2) is 36.4 Å². The Kier molecular flexibility index (Phi) is 5.40. The van der Waals surface area contributed by atoms with E-state index in [1.807, 2.05) is 26.8 Å². The van der Waals surface area contributed by atoms with Crippen LogP contribution in [0.1, 0.15) is 50.2 Å². The predicted octanol–water partition coefficient (Wildman–Crippen LogP) is 3.30. The van der Waals surface area contributed by atoms with E-state index < -0.39 is 5.97 Å². The molecule has 1 saturated heterocycles.